The lowest BCUT2D eigenvalue weighted by Crippen LogP contribution is -2.29. The van der Waals surface area contributed by atoms with Crippen LogP contribution in [0.2, 0.25) is 5.02 Å². The molecule has 5 rings (SSSR count). The van der Waals surface area contributed by atoms with Crippen molar-refractivity contribution in [3.05, 3.63) is 99.1 Å². The van der Waals surface area contributed by atoms with Crippen molar-refractivity contribution >= 4 is 29.6 Å². The average Bonchev–Trinajstić information content (AvgIpc) is 3.21. The zero-order valence-corrected chi connectivity index (χ0v) is 18.8. The summed E-state index contributed by atoms with van der Waals surface area (Å²) in [6.07, 6.45) is 4.42. The van der Waals surface area contributed by atoms with Gasteiger partial charge in [-0.05, 0) is 84.3 Å². The highest BCUT2D eigenvalue weighted by molar-refractivity contribution is 6.31. The molecule has 0 saturated carbocycles. The van der Waals surface area contributed by atoms with E-state index in [1.165, 1.54) is 16.7 Å². The summed E-state index contributed by atoms with van der Waals surface area (Å²) in [5.41, 5.74) is 7.35. The van der Waals surface area contributed by atoms with E-state index in [1.54, 1.807) is 18.2 Å². The van der Waals surface area contributed by atoms with Gasteiger partial charge in [-0.1, -0.05) is 41.9 Å². The Labute approximate surface area is 193 Å². The summed E-state index contributed by atoms with van der Waals surface area (Å²) in [7, 11) is 0. The Hall–Kier alpha value is -3.11. The molecule has 0 N–H and O–H groups in total. The summed E-state index contributed by atoms with van der Waals surface area (Å²) >= 11 is 6.08. The van der Waals surface area contributed by atoms with Gasteiger partial charge in [0.2, 0.25) is 0 Å². The van der Waals surface area contributed by atoms with Gasteiger partial charge < -0.3 is 9.64 Å². The number of aryl methyl sites for hydroxylation is 2. The molecule has 0 amide bonds. The highest BCUT2D eigenvalue weighted by Gasteiger charge is 2.27. The summed E-state index contributed by atoms with van der Waals surface area (Å²) in [5.74, 6) is -0.316. The highest BCUT2D eigenvalue weighted by Crippen LogP contribution is 2.37. The van der Waals surface area contributed by atoms with Gasteiger partial charge in [0.05, 0.1) is 17.6 Å². The summed E-state index contributed by atoms with van der Waals surface area (Å²) in [4.78, 5) is 19.7. The van der Waals surface area contributed by atoms with Crippen LogP contribution in [-0.2, 0) is 24.1 Å². The van der Waals surface area contributed by atoms with Gasteiger partial charge in [0, 0.05) is 18.1 Å². The van der Waals surface area contributed by atoms with E-state index >= 15 is 0 Å². The normalized spacial score (nSPS) is 17.3. The fraction of sp³-hybridized carbons (Fsp3) is 0.259. The zero-order chi connectivity index (χ0) is 22.1. The van der Waals surface area contributed by atoms with E-state index in [9.17, 15) is 4.79 Å². The molecule has 0 spiro atoms. The van der Waals surface area contributed by atoms with Gasteiger partial charge in [0.15, 0.2) is 0 Å². The molecule has 0 saturated heterocycles. The van der Waals surface area contributed by atoms with Crippen LogP contribution in [0.25, 0.3) is 0 Å². The molecular formula is C27H25ClN2O2. The van der Waals surface area contributed by atoms with Crippen molar-refractivity contribution in [1.29, 1.82) is 0 Å². The van der Waals surface area contributed by atoms with Crippen molar-refractivity contribution in [2.45, 2.75) is 38.8 Å². The van der Waals surface area contributed by atoms with Gasteiger partial charge >= 0.3 is 5.97 Å². The summed E-state index contributed by atoms with van der Waals surface area (Å²) in [5, 5.41) is 0.646. The second-order valence-electron chi connectivity index (χ2n) is 8.51. The lowest BCUT2D eigenvalue weighted by atomic mass is 10.0. The number of benzene rings is 3. The van der Waals surface area contributed by atoms with Gasteiger partial charge in [-0.2, -0.15) is 0 Å². The molecule has 0 aromatic heterocycles. The van der Waals surface area contributed by atoms with Gasteiger partial charge in [0.1, 0.15) is 6.10 Å². The summed E-state index contributed by atoms with van der Waals surface area (Å²) in [6, 6.07) is 20.0. The number of ether oxygens (including phenoxy) is 1. The molecule has 0 radical (unpaired) electrons. The van der Waals surface area contributed by atoms with Gasteiger partial charge in [-0.3, -0.25) is 0 Å². The zero-order valence-electron chi connectivity index (χ0n) is 18.1. The molecule has 2 aliphatic rings. The minimum atomic E-state index is -0.316. The molecule has 1 aliphatic carbocycles. The first-order valence-electron chi connectivity index (χ1n) is 11.0. The predicted octanol–water partition coefficient (Wildman–Crippen LogP) is 6.21. The third-order valence-electron chi connectivity index (χ3n) is 6.33. The third kappa shape index (κ3) is 4.28. The van der Waals surface area contributed by atoms with Crippen molar-refractivity contribution in [2.24, 2.45) is 4.99 Å². The van der Waals surface area contributed by atoms with Crippen LogP contribution in [0.1, 0.15) is 50.7 Å². The Morgan fingerprint density at radius 3 is 2.75 bits per heavy atom. The fourth-order valence-electron chi connectivity index (χ4n) is 4.49. The van der Waals surface area contributed by atoms with Crippen LogP contribution in [-0.4, -0.2) is 23.8 Å². The van der Waals surface area contributed by atoms with E-state index in [2.05, 4.69) is 41.3 Å². The Balaban J connectivity index is 1.29. The first kappa shape index (κ1) is 20.8. The minimum absolute atomic E-state index is 0.245. The number of hydrogen-bond donors (Lipinski definition) is 0. The van der Waals surface area contributed by atoms with Gasteiger partial charge in [-0.15, -0.1) is 0 Å². The molecule has 1 unspecified atom stereocenters. The van der Waals surface area contributed by atoms with Crippen molar-refractivity contribution in [2.75, 3.05) is 6.54 Å². The maximum Gasteiger partial charge on any atom is 0.338 e. The molecule has 32 heavy (non-hydrogen) atoms. The standard InChI is InChI=1S/C27H25ClN2O2/c1-18-14-21(7-10-25(18)28)27(31)32-26-11-8-20-6-9-23(15-24(20)26)29-17-30-13-12-19-4-2-3-5-22(19)16-30/h2-7,9-10,14-15,17,26H,8,11-13,16H2,1H3. The number of fused-ring (bicyclic) bond motifs is 2. The highest BCUT2D eigenvalue weighted by atomic mass is 35.5. The van der Waals surface area contributed by atoms with Crippen LogP contribution < -0.4 is 0 Å². The number of nitrogens with zero attached hydrogens (tertiary/aromatic N) is 2. The van der Waals surface area contributed by atoms with Crippen LogP contribution in [0.4, 0.5) is 5.69 Å². The van der Waals surface area contributed by atoms with Crippen LogP contribution in [0.15, 0.2) is 65.7 Å². The molecule has 3 aromatic rings. The monoisotopic (exact) mass is 444 g/mol. The summed E-state index contributed by atoms with van der Waals surface area (Å²) < 4.78 is 5.86. The molecule has 1 atom stereocenters. The predicted molar refractivity (Wildman–Crippen MR) is 128 cm³/mol. The van der Waals surface area contributed by atoms with Crippen LogP contribution in [0, 0.1) is 6.92 Å². The lowest BCUT2D eigenvalue weighted by Gasteiger charge is -2.26. The second-order valence-corrected chi connectivity index (χ2v) is 8.92. The maximum atomic E-state index is 12.7. The van der Waals surface area contributed by atoms with Crippen LogP contribution in [0.3, 0.4) is 0 Å². The van der Waals surface area contributed by atoms with Crippen molar-refractivity contribution in [1.82, 2.24) is 4.90 Å². The molecule has 162 valence electrons. The van der Waals surface area contributed by atoms with Crippen molar-refractivity contribution in [3.8, 4) is 0 Å². The minimum Gasteiger partial charge on any atom is -0.454 e. The lowest BCUT2D eigenvalue weighted by molar-refractivity contribution is 0.0301. The molecule has 0 bridgehead atoms. The Morgan fingerprint density at radius 1 is 1.06 bits per heavy atom. The number of hydrogen-bond acceptors (Lipinski definition) is 3. The van der Waals surface area contributed by atoms with Gasteiger partial charge in [-0.25, -0.2) is 9.79 Å². The van der Waals surface area contributed by atoms with E-state index < -0.39 is 0 Å². The smallest absolute Gasteiger partial charge is 0.338 e. The van der Waals surface area contributed by atoms with Gasteiger partial charge in [0.25, 0.3) is 0 Å². The van der Waals surface area contributed by atoms with Crippen molar-refractivity contribution in [3.63, 3.8) is 0 Å². The quantitative estimate of drug-likeness (QED) is 0.273. The number of carbonyl (C=O) groups excluding carboxylic acids is 1. The van der Waals surface area contributed by atoms with E-state index in [4.69, 9.17) is 21.3 Å². The molecule has 3 aromatic carbocycles. The Kier molecular flexibility index (Phi) is 5.71. The first-order valence-corrected chi connectivity index (χ1v) is 11.4. The van der Waals surface area contributed by atoms with Crippen molar-refractivity contribution < 1.29 is 9.53 Å². The largest absolute Gasteiger partial charge is 0.454 e. The number of esters is 1. The number of rotatable bonds is 4. The molecule has 0 fully saturated rings. The number of halogens is 1. The molecule has 4 nitrogen and oxygen atoms in total. The topological polar surface area (TPSA) is 41.9 Å². The van der Waals surface area contributed by atoms with E-state index in [0.717, 1.165) is 49.2 Å². The van der Waals surface area contributed by atoms with Crippen LogP contribution >= 0.6 is 11.6 Å². The maximum absolute atomic E-state index is 12.7. The average molecular weight is 445 g/mol. The van der Waals surface area contributed by atoms with E-state index in [1.807, 2.05) is 19.3 Å². The number of carbonyl (C=O) groups is 1. The second kappa shape index (κ2) is 8.79. The fourth-order valence-corrected chi connectivity index (χ4v) is 4.61. The first-order chi connectivity index (χ1) is 15.6. The SMILES string of the molecule is Cc1cc(C(=O)OC2CCc3ccc(N=CN4CCc5ccccc5C4)cc32)ccc1Cl. The Morgan fingerprint density at radius 2 is 1.91 bits per heavy atom. The molecule has 1 aliphatic heterocycles. The molecular weight excluding hydrogens is 420 g/mol. The Bertz CT molecular complexity index is 1200. The molecule has 5 heteroatoms. The number of aliphatic imine (C=N–C) groups is 1. The van der Waals surface area contributed by atoms with E-state index in [-0.39, 0.29) is 12.1 Å². The molecule has 1 heterocycles. The summed E-state index contributed by atoms with van der Waals surface area (Å²) in [6.45, 7) is 3.73. The van der Waals surface area contributed by atoms with E-state index in [0.29, 0.717) is 10.6 Å². The van der Waals surface area contributed by atoms with Crippen LogP contribution in [0.5, 0.6) is 0 Å². The third-order valence-corrected chi connectivity index (χ3v) is 6.75.